The van der Waals surface area contributed by atoms with Gasteiger partial charge in [-0.15, -0.1) is 11.3 Å². The van der Waals surface area contributed by atoms with Gasteiger partial charge in [-0.05, 0) is 29.9 Å². The van der Waals surface area contributed by atoms with Crippen molar-refractivity contribution in [2.24, 2.45) is 5.73 Å². The molecule has 0 aliphatic rings. The molecule has 5 heteroatoms. The SMILES string of the molecule is N#C[C@H](CCc1ccccc1)NC(=O)[C@@H](N)Cc1cccs1. The summed E-state index contributed by atoms with van der Waals surface area (Å²) < 4.78 is 0. The van der Waals surface area contributed by atoms with Crippen LogP contribution in [0.25, 0.3) is 0 Å². The van der Waals surface area contributed by atoms with Gasteiger partial charge in [0, 0.05) is 11.3 Å². The predicted molar refractivity (Wildman–Crippen MR) is 88.3 cm³/mol. The number of benzene rings is 1. The molecule has 3 N–H and O–H groups in total. The molecular weight excluding hydrogens is 294 g/mol. The summed E-state index contributed by atoms with van der Waals surface area (Å²) in [5, 5.41) is 13.9. The summed E-state index contributed by atoms with van der Waals surface area (Å²) in [7, 11) is 0. The Morgan fingerprint density at radius 3 is 2.68 bits per heavy atom. The quantitative estimate of drug-likeness (QED) is 0.823. The van der Waals surface area contributed by atoms with E-state index < -0.39 is 12.1 Å². The second-order valence-electron chi connectivity index (χ2n) is 5.10. The molecule has 2 atom stereocenters. The van der Waals surface area contributed by atoms with Crippen molar-refractivity contribution < 1.29 is 4.79 Å². The van der Waals surface area contributed by atoms with Crippen molar-refractivity contribution in [2.45, 2.75) is 31.3 Å². The van der Waals surface area contributed by atoms with Crippen LogP contribution in [0.2, 0.25) is 0 Å². The number of nitrogens with two attached hydrogens (primary N) is 1. The Morgan fingerprint density at radius 1 is 1.27 bits per heavy atom. The Balaban J connectivity index is 1.81. The van der Waals surface area contributed by atoms with Crippen LogP contribution in [0.5, 0.6) is 0 Å². The summed E-state index contributed by atoms with van der Waals surface area (Å²) in [6.45, 7) is 0. The Bertz CT molecular complexity index is 619. The van der Waals surface area contributed by atoms with Crippen molar-refractivity contribution in [3.8, 4) is 6.07 Å². The second kappa shape index (κ2) is 8.32. The third kappa shape index (κ3) is 4.99. The zero-order chi connectivity index (χ0) is 15.8. The van der Waals surface area contributed by atoms with Crippen molar-refractivity contribution in [3.63, 3.8) is 0 Å². The fraction of sp³-hybridized carbons (Fsp3) is 0.294. The maximum atomic E-state index is 12.1. The number of hydrogen-bond donors (Lipinski definition) is 2. The van der Waals surface area contributed by atoms with Gasteiger partial charge < -0.3 is 11.1 Å². The van der Waals surface area contributed by atoms with Crippen LogP contribution in [0, 0.1) is 11.3 Å². The molecule has 1 aromatic carbocycles. The van der Waals surface area contributed by atoms with Crippen LogP contribution < -0.4 is 11.1 Å². The Labute approximate surface area is 134 Å². The minimum absolute atomic E-state index is 0.270. The Kier molecular flexibility index (Phi) is 6.13. The number of thiophene rings is 1. The molecule has 0 spiro atoms. The smallest absolute Gasteiger partial charge is 0.238 e. The maximum Gasteiger partial charge on any atom is 0.238 e. The molecule has 0 fully saturated rings. The summed E-state index contributed by atoms with van der Waals surface area (Å²) >= 11 is 1.58. The number of amides is 1. The predicted octanol–water partition coefficient (Wildman–Crippen LogP) is 2.26. The number of rotatable bonds is 7. The van der Waals surface area contributed by atoms with E-state index in [9.17, 15) is 10.1 Å². The van der Waals surface area contributed by atoms with Crippen LogP contribution in [0.3, 0.4) is 0 Å². The number of nitriles is 1. The van der Waals surface area contributed by atoms with E-state index in [1.165, 1.54) is 0 Å². The molecule has 1 aromatic heterocycles. The first kappa shape index (κ1) is 16.2. The van der Waals surface area contributed by atoms with Crippen molar-refractivity contribution in [3.05, 3.63) is 58.3 Å². The van der Waals surface area contributed by atoms with Gasteiger partial charge in [-0.2, -0.15) is 5.26 Å². The van der Waals surface area contributed by atoms with E-state index in [4.69, 9.17) is 5.73 Å². The van der Waals surface area contributed by atoms with E-state index in [-0.39, 0.29) is 5.91 Å². The van der Waals surface area contributed by atoms with Gasteiger partial charge >= 0.3 is 0 Å². The first-order valence-electron chi connectivity index (χ1n) is 7.21. The summed E-state index contributed by atoms with van der Waals surface area (Å²) in [6, 6.07) is 14.8. The molecule has 0 radical (unpaired) electrons. The highest BCUT2D eigenvalue weighted by Crippen LogP contribution is 2.11. The van der Waals surface area contributed by atoms with Gasteiger partial charge in [0.2, 0.25) is 5.91 Å². The average Bonchev–Trinajstić information content (AvgIpc) is 3.05. The molecule has 0 bridgehead atoms. The monoisotopic (exact) mass is 313 g/mol. The lowest BCUT2D eigenvalue weighted by Gasteiger charge is -2.15. The van der Waals surface area contributed by atoms with E-state index in [1.807, 2.05) is 47.8 Å². The van der Waals surface area contributed by atoms with Crippen LogP contribution in [0.4, 0.5) is 0 Å². The highest BCUT2D eigenvalue weighted by atomic mass is 32.1. The molecule has 2 rings (SSSR count). The fourth-order valence-corrected chi connectivity index (χ4v) is 2.91. The number of carbonyl (C=O) groups is 1. The third-order valence-electron chi connectivity index (χ3n) is 3.37. The van der Waals surface area contributed by atoms with E-state index in [0.717, 1.165) is 16.9 Å². The Hall–Kier alpha value is -2.16. The minimum atomic E-state index is -0.619. The van der Waals surface area contributed by atoms with Crippen LogP contribution in [-0.2, 0) is 17.6 Å². The molecule has 4 nitrogen and oxygen atoms in total. The molecule has 114 valence electrons. The molecule has 22 heavy (non-hydrogen) atoms. The van der Waals surface area contributed by atoms with E-state index >= 15 is 0 Å². The summed E-state index contributed by atoms with van der Waals surface area (Å²) in [5.74, 6) is -0.270. The van der Waals surface area contributed by atoms with Gasteiger partial charge in [0.05, 0.1) is 12.1 Å². The van der Waals surface area contributed by atoms with Crippen molar-refractivity contribution in [2.75, 3.05) is 0 Å². The molecule has 1 heterocycles. The molecular formula is C17H19N3OS. The first-order chi connectivity index (χ1) is 10.7. The topological polar surface area (TPSA) is 78.9 Å². The van der Waals surface area contributed by atoms with Crippen molar-refractivity contribution in [1.29, 1.82) is 5.26 Å². The van der Waals surface area contributed by atoms with Gasteiger partial charge in [0.1, 0.15) is 6.04 Å². The van der Waals surface area contributed by atoms with Gasteiger partial charge in [0.25, 0.3) is 0 Å². The second-order valence-corrected chi connectivity index (χ2v) is 6.14. The van der Waals surface area contributed by atoms with Crippen molar-refractivity contribution >= 4 is 17.2 Å². The van der Waals surface area contributed by atoms with Gasteiger partial charge in [0.15, 0.2) is 0 Å². The molecule has 2 aromatic rings. The Morgan fingerprint density at radius 2 is 2.05 bits per heavy atom. The van der Waals surface area contributed by atoms with Gasteiger partial charge in [-0.3, -0.25) is 4.79 Å². The molecule has 0 unspecified atom stereocenters. The number of nitrogens with one attached hydrogen (secondary N) is 1. The fourth-order valence-electron chi connectivity index (χ4n) is 2.14. The largest absolute Gasteiger partial charge is 0.339 e. The van der Waals surface area contributed by atoms with Gasteiger partial charge in [-0.1, -0.05) is 36.4 Å². The number of aryl methyl sites for hydroxylation is 1. The van der Waals surface area contributed by atoms with Crippen LogP contribution >= 0.6 is 11.3 Å². The van der Waals surface area contributed by atoms with E-state index in [1.54, 1.807) is 11.3 Å². The molecule has 0 saturated heterocycles. The first-order valence-corrected chi connectivity index (χ1v) is 8.09. The molecule has 0 aliphatic carbocycles. The van der Waals surface area contributed by atoms with Crippen LogP contribution in [-0.4, -0.2) is 18.0 Å². The lowest BCUT2D eigenvalue weighted by Crippen LogP contribution is -2.46. The maximum absolute atomic E-state index is 12.1. The van der Waals surface area contributed by atoms with E-state index in [0.29, 0.717) is 12.8 Å². The lowest BCUT2D eigenvalue weighted by atomic mass is 10.1. The van der Waals surface area contributed by atoms with Crippen LogP contribution in [0.1, 0.15) is 16.9 Å². The standard InChI is InChI=1S/C17H19N3OS/c18-12-14(9-8-13-5-2-1-3-6-13)20-17(21)16(19)11-15-7-4-10-22-15/h1-7,10,14,16H,8-9,11,19H2,(H,20,21)/t14-,16-/m0/s1. The zero-order valence-electron chi connectivity index (χ0n) is 12.2. The molecule has 0 saturated carbocycles. The number of carbonyl (C=O) groups excluding carboxylic acids is 1. The highest BCUT2D eigenvalue weighted by Gasteiger charge is 2.18. The van der Waals surface area contributed by atoms with Crippen molar-refractivity contribution in [1.82, 2.24) is 5.32 Å². The highest BCUT2D eigenvalue weighted by molar-refractivity contribution is 7.09. The summed E-state index contributed by atoms with van der Waals surface area (Å²) in [4.78, 5) is 13.1. The third-order valence-corrected chi connectivity index (χ3v) is 4.27. The number of hydrogen-bond acceptors (Lipinski definition) is 4. The molecule has 0 aliphatic heterocycles. The van der Waals surface area contributed by atoms with Gasteiger partial charge in [-0.25, -0.2) is 0 Å². The number of nitrogens with zero attached hydrogens (tertiary/aromatic N) is 1. The normalized spacial score (nSPS) is 13.1. The van der Waals surface area contributed by atoms with E-state index in [2.05, 4.69) is 11.4 Å². The minimum Gasteiger partial charge on any atom is -0.339 e. The average molecular weight is 313 g/mol. The lowest BCUT2D eigenvalue weighted by molar-refractivity contribution is -0.122. The zero-order valence-corrected chi connectivity index (χ0v) is 13.1. The summed E-state index contributed by atoms with van der Waals surface area (Å²) in [6.07, 6.45) is 1.83. The summed E-state index contributed by atoms with van der Waals surface area (Å²) in [5.41, 5.74) is 7.06. The van der Waals surface area contributed by atoms with Crippen LogP contribution in [0.15, 0.2) is 47.8 Å². The molecule has 1 amide bonds.